The van der Waals surface area contributed by atoms with Crippen molar-refractivity contribution in [1.82, 2.24) is 0 Å². The lowest BCUT2D eigenvalue weighted by atomic mass is 10.1. The highest BCUT2D eigenvalue weighted by atomic mass is 32.2. The van der Waals surface area contributed by atoms with E-state index in [-0.39, 0.29) is 18.6 Å². The smallest absolute Gasteiger partial charge is 0.307 e. The van der Waals surface area contributed by atoms with Crippen LogP contribution in [0.4, 0.5) is 0 Å². The number of amides is 1. The van der Waals surface area contributed by atoms with Crippen molar-refractivity contribution >= 4 is 29.4 Å². The predicted octanol–water partition coefficient (Wildman–Crippen LogP) is 3.14. The molecule has 1 atom stereocenters. The fourth-order valence-corrected chi connectivity index (χ4v) is 2.65. The number of hydrogen-bond donors (Lipinski definition) is 1. The number of carbonyl (C=O) groups is 3. The SMILES string of the molecule is CSc1ccc(C(=O)CCC(=O)O[C@@H](C(N)=O)c2ccccc2)cc1. The minimum absolute atomic E-state index is 0.0116. The zero-order chi connectivity index (χ0) is 18.2. The van der Waals surface area contributed by atoms with Gasteiger partial charge in [-0.25, -0.2) is 0 Å². The summed E-state index contributed by atoms with van der Waals surface area (Å²) in [4.78, 5) is 36.7. The highest BCUT2D eigenvalue weighted by Gasteiger charge is 2.22. The molecule has 2 aromatic rings. The minimum atomic E-state index is -1.15. The summed E-state index contributed by atoms with van der Waals surface area (Å²) < 4.78 is 5.15. The molecule has 0 spiro atoms. The van der Waals surface area contributed by atoms with E-state index in [1.54, 1.807) is 54.2 Å². The molecular formula is C19H19NO4S. The van der Waals surface area contributed by atoms with Gasteiger partial charge in [-0.2, -0.15) is 0 Å². The Morgan fingerprint density at radius 2 is 1.64 bits per heavy atom. The number of Topliss-reactive ketones (excluding diaryl/α,β-unsaturated/α-hetero) is 1. The summed E-state index contributed by atoms with van der Waals surface area (Å²) >= 11 is 1.59. The third-order valence-electron chi connectivity index (χ3n) is 3.58. The van der Waals surface area contributed by atoms with Gasteiger partial charge >= 0.3 is 5.97 Å². The van der Waals surface area contributed by atoms with Crippen molar-refractivity contribution in [3.05, 3.63) is 65.7 Å². The first kappa shape index (κ1) is 18.7. The van der Waals surface area contributed by atoms with Gasteiger partial charge in [0.15, 0.2) is 5.78 Å². The van der Waals surface area contributed by atoms with E-state index in [0.29, 0.717) is 11.1 Å². The molecule has 0 saturated carbocycles. The molecule has 0 unspecified atom stereocenters. The maximum absolute atomic E-state index is 12.1. The van der Waals surface area contributed by atoms with Crippen molar-refractivity contribution in [2.45, 2.75) is 23.8 Å². The van der Waals surface area contributed by atoms with Gasteiger partial charge in [-0.3, -0.25) is 14.4 Å². The zero-order valence-corrected chi connectivity index (χ0v) is 14.6. The Kier molecular flexibility index (Phi) is 6.77. The van der Waals surface area contributed by atoms with Crippen LogP contribution in [0.3, 0.4) is 0 Å². The molecule has 25 heavy (non-hydrogen) atoms. The summed E-state index contributed by atoms with van der Waals surface area (Å²) in [6.07, 6.45) is 0.705. The van der Waals surface area contributed by atoms with Gasteiger partial charge < -0.3 is 10.5 Å². The molecule has 0 saturated heterocycles. The van der Waals surface area contributed by atoms with Crippen molar-refractivity contribution in [3.8, 4) is 0 Å². The molecule has 130 valence electrons. The number of ether oxygens (including phenoxy) is 1. The number of esters is 1. The fourth-order valence-electron chi connectivity index (χ4n) is 2.25. The monoisotopic (exact) mass is 357 g/mol. The second-order valence-electron chi connectivity index (χ2n) is 5.33. The summed E-state index contributed by atoms with van der Waals surface area (Å²) in [5, 5.41) is 0. The highest BCUT2D eigenvalue weighted by Crippen LogP contribution is 2.19. The van der Waals surface area contributed by atoms with Crippen LogP contribution in [0, 0.1) is 0 Å². The maximum atomic E-state index is 12.1. The van der Waals surface area contributed by atoms with Crippen molar-refractivity contribution < 1.29 is 19.1 Å². The average molecular weight is 357 g/mol. The van der Waals surface area contributed by atoms with Crippen LogP contribution in [0.2, 0.25) is 0 Å². The molecular weight excluding hydrogens is 338 g/mol. The van der Waals surface area contributed by atoms with Crippen LogP contribution in [-0.2, 0) is 14.3 Å². The van der Waals surface area contributed by atoms with Gasteiger partial charge in [-0.15, -0.1) is 11.8 Å². The molecule has 5 nitrogen and oxygen atoms in total. The second kappa shape index (κ2) is 9.03. The van der Waals surface area contributed by atoms with E-state index in [0.717, 1.165) is 4.90 Å². The Morgan fingerprint density at radius 1 is 1.00 bits per heavy atom. The first-order valence-corrected chi connectivity index (χ1v) is 8.94. The van der Waals surface area contributed by atoms with Crippen molar-refractivity contribution in [1.29, 1.82) is 0 Å². The third kappa shape index (κ3) is 5.46. The molecule has 2 aromatic carbocycles. The van der Waals surface area contributed by atoms with E-state index in [2.05, 4.69) is 0 Å². The van der Waals surface area contributed by atoms with Crippen molar-refractivity contribution in [3.63, 3.8) is 0 Å². The van der Waals surface area contributed by atoms with Gasteiger partial charge in [-0.05, 0) is 18.4 Å². The number of hydrogen-bond acceptors (Lipinski definition) is 5. The van der Waals surface area contributed by atoms with Crippen molar-refractivity contribution in [2.75, 3.05) is 6.26 Å². The standard InChI is InChI=1S/C19H19NO4S/c1-25-15-9-7-13(8-10-15)16(21)11-12-17(22)24-18(19(20)23)14-5-3-2-4-6-14/h2-10,18H,11-12H2,1H3,(H2,20,23)/t18-/m1/s1. The van der Waals surface area contributed by atoms with Crippen LogP contribution in [0.1, 0.15) is 34.9 Å². The predicted molar refractivity (Wildman–Crippen MR) is 96.3 cm³/mol. The number of nitrogens with two attached hydrogens (primary N) is 1. The Bertz CT molecular complexity index is 744. The fraction of sp³-hybridized carbons (Fsp3) is 0.211. The quantitative estimate of drug-likeness (QED) is 0.445. The van der Waals surface area contributed by atoms with Gasteiger partial charge in [0.25, 0.3) is 5.91 Å². The maximum Gasteiger partial charge on any atom is 0.307 e. The van der Waals surface area contributed by atoms with E-state index in [4.69, 9.17) is 10.5 Å². The van der Waals surface area contributed by atoms with Crippen LogP contribution in [0.5, 0.6) is 0 Å². The number of thioether (sulfide) groups is 1. The Hall–Kier alpha value is -2.60. The largest absolute Gasteiger partial charge is 0.447 e. The molecule has 0 fully saturated rings. The Balaban J connectivity index is 1.92. The van der Waals surface area contributed by atoms with Crippen LogP contribution in [0.25, 0.3) is 0 Å². The van der Waals surface area contributed by atoms with Crippen LogP contribution in [-0.4, -0.2) is 23.9 Å². The molecule has 0 radical (unpaired) electrons. The van der Waals surface area contributed by atoms with E-state index < -0.39 is 18.0 Å². The molecule has 0 aliphatic heterocycles. The summed E-state index contributed by atoms with van der Waals surface area (Å²) in [5.74, 6) is -1.54. The van der Waals surface area contributed by atoms with E-state index in [1.165, 1.54) is 0 Å². The normalized spacial score (nSPS) is 11.6. The van der Waals surface area contributed by atoms with E-state index >= 15 is 0 Å². The molecule has 0 aliphatic carbocycles. The number of ketones is 1. The number of rotatable bonds is 8. The molecule has 2 rings (SSSR count). The summed E-state index contributed by atoms with van der Waals surface area (Å²) in [6.45, 7) is 0. The van der Waals surface area contributed by atoms with Gasteiger partial charge in [-0.1, -0.05) is 42.5 Å². The summed E-state index contributed by atoms with van der Waals surface area (Å²) in [5.41, 5.74) is 6.35. The van der Waals surface area contributed by atoms with Crippen molar-refractivity contribution in [2.24, 2.45) is 5.73 Å². The number of benzene rings is 2. The molecule has 2 N–H and O–H groups in total. The Morgan fingerprint density at radius 3 is 2.20 bits per heavy atom. The molecule has 0 aromatic heterocycles. The van der Waals surface area contributed by atoms with Crippen LogP contribution >= 0.6 is 11.8 Å². The van der Waals surface area contributed by atoms with E-state index in [9.17, 15) is 14.4 Å². The lowest BCUT2D eigenvalue weighted by molar-refractivity contribution is -0.155. The molecule has 0 aliphatic rings. The average Bonchev–Trinajstić information content (AvgIpc) is 2.64. The lowest BCUT2D eigenvalue weighted by Crippen LogP contribution is -2.26. The van der Waals surface area contributed by atoms with Gasteiger partial charge in [0.1, 0.15) is 0 Å². The van der Waals surface area contributed by atoms with Crippen LogP contribution < -0.4 is 5.73 Å². The van der Waals surface area contributed by atoms with Gasteiger partial charge in [0.2, 0.25) is 6.10 Å². The molecule has 1 amide bonds. The molecule has 0 heterocycles. The second-order valence-corrected chi connectivity index (χ2v) is 6.21. The minimum Gasteiger partial charge on any atom is -0.447 e. The first-order valence-electron chi connectivity index (χ1n) is 7.72. The summed E-state index contributed by atoms with van der Waals surface area (Å²) in [6, 6.07) is 15.7. The lowest BCUT2D eigenvalue weighted by Gasteiger charge is -2.14. The number of primary amides is 1. The van der Waals surface area contributed by atoms with Crippen LogP contribution in [0.15, 0.2) is 59.5 Å². The van der Waals surface area contributed by atoms with Gasteiger partial charge in [0.05, 0.1) is 6.42 Å². The third-order valence-corrected chi connectivity index (χ3v) is 4.32. The molecule has 6 heteroatoms. The van der Waals surface area contributed by atoms with E-state index in [1.807, 2.05) is 18.4 Å². The molecule has 0 bridgehead atoms. The van der Waals surface area contributed by atoms with Gasteiger partial charge in [0, 0.05) is 22.4 Å². The number of carbonyl (C=O) groups excluding carboxylic acids is 3. The summed E-state index contributed by atoms with van der Waals surface area (Å²) in [7, 11) is 0. The zero-order valence-electron chi connectivity index (χ0n) is 13.8. The Labute approximate surface area is 150 Å². The topological polar surface area (TPSA) is 86.5 Å². The first-order chi connectivity index (χ1) is 12.0. The highest BCUT2D eigenvalue weighted by molar-refractivity contribution is 7.98.